The van der Waals surface area contributed by atoms with Gasteiger partial charge in [-0.3, -0.25) is 9.48 Å². The van der Waals surface area contributed by atoms with Crippen LogP contribution in [-0.2, 0) is 13.5 Å². The van der Waals surface area contributed by atoms with Crippen molar-refractivity contribution in [2.75, 3.05) is 5.73 Å². The summed E-state index contributed by atoms with van der Waals surface area (Å²) in [6, 6.07) is 0. The molecule has 1 amide bonds. The van der Waals surface area contributed by atoms with Crippen molar-refractivity contribution in [1.82, 2.24) is 15.1 Å². The number of nitrogens with zero attached hydrogens (tertiary/aromatic N) is 2. The van der Waals surface area contributed by atoms with Gasteiger partial charge in [0.25, 0.3) is 5.91 Å². The molecule has 2 rings (SSSR count). The van der Waals surface area contributed by atoms with E-state index in [0.29, 0.717) is 11.4 Å². The molecular formula is C11H18N4O. The van der Waals surface area contributed by atoms with Crippen LogP contribution in [0.4, 0.5) is 5.69 Å². The van der Waals surface area contributed by atoms with E-state index >= 15 is 0 Å². The van der Waals surface area contributed by atoms with Gasteiger partial charge >= 0.3 is 0 Å². The molecule has 0 spiro atoms. The van der Waals surface area contributed by atoms with Gasteiger partial charge in [-0.05, 0) is 26.2 Å². The van der Waals surface area contributed by atoms with Crippen LogP contribution in [0.15, 0.2) is 0 Å². The molecule has 0 bridgehead atoms. The molecule has 0 aliphatic heterocycles. The largest absolute Gasteiger partial charge is 0.395 e. The van der Waals surface area contributed by atoms with Crippen molar-refractivity contribution in [3.05, 3.63) is 11.4 Å². The highest BCUT2D eigenvalue weighted by atomic mass is 16.2. The third-order valence-corrected chi connectivity index (χ3v) is 3.13. The average Bonchev–Trinajstić information content (AvgIpc) is 2.83. The fourth-order valence-electron chi connectivity index (χ4n) is 1.77. The lowest BCUT2D eigenvalue weighted by molar-refractivity contribution is 0.0927. The first-order valence-electron chi connectivity index (χ1n) is 5.60. The van der Waals surface area contributed by atoms with Gasteiger partial charge in [0.05, 0.1) is 11.4 Å². The minimum atomic E-state index is -0.118. The summed E-state index contributed by atoms with van der Waals surface area (Å²) in [4.78, 5) is 12.0. The Hall–Kier alpha value is -1.52. The third kappa shape index (κ3) is 1.77. The lowest BCUT2D eigenvalue weighted by atomic mass is 10.2. The summed E-state index contributed by atoms with van der Waals surface area (Å²) in [6.07, 6.45) is 2.82. The Morgan fingerprint density at radius 1 is 1.62 bits per heavy atom. The van der Waals surface area contributed by atoms with Crippen LogP contribution in [0, 0.1) is 0 Å². The van der Waals surface area contributed by atoms with Crippen LogP contribution in [0.25, 0.3) is 0 Å². The number of anilines is 1. The average molecular weight is 222 g/mol. The number of rotatable bonds is 3. The van der Waals surface area contributed by atoms with Crippen molar-refractivity contribution in [2.24, 2.45) is 7.05 Å². The van der Waals surface area contributed by atoms with E-state index in [9.17, 15) is 4.79 Å². The van der Waals surface area contributed by atoms with Crippen molar-refractivity contribution in [2.45, 2.75) is 38.6 Å². The van der Waals surface area contributed by atoms with Crippen molar-refractivity contribution in [3.8, 4) is 0 Å². The molecule has 88 valence electrons. The van der Waals surface area contributed by atoms with Gasteiger partial charge in [0.2, 0.25) is 0 Å². The third-order valence-electron chi connectivity index (χ3n) is 3.13. The van der Waals surface area contributed by atoms with Crippen molar-refractivity contribution >= 4 is 11.6 Å². The molecule has 0 aromatic carbocycles. The Morgan fingerprint density at radius 3 is 2.69 bits per heavy atom. The van der Waals surface area contributed by atoms with E-state index < -0.39 is 0 Å². The minimum absolute atomic E-state index is 0.0276. The Morgan fingerprint density at radius 2 is 2.25 bits per heavy atom. The van der Waals surface area contributed by atoms with Gasteiger partial charge in [-0.25, -0.2) is 0 Å². The van der Waals surface area contributed by atoms with Crippen molar-refractivity contribution in [1.29, 1.82) is 0 Å². The summed E-state index contributed by atoms with van der Waals surface area (Å²) in [6.45, 7) is 4.01. The van der Waals surface area contributed by atoms with Crippen LogP contribution < -0.4 is 11.1 Å². The predicted molar refractivity (Wildman–Crippen MR) is 62.1 cm³/mol. The molecule has 1 aliphatic carbocycles. The van der Waals surface area contributed by atoms with Crippen LogP contribution in [0.3, 0.4) is 0 Å². The standard InChI is InChI=1S/C11H18N4O/c1-4-7-8(12)9(15(3)14-7)10(16)13-11(2)5-6-11/h4-6,12H2,1-3H3,(H,13,16). The van der Waals surface area contributed by atoms with E-state index in [0.717, 1.165) is 25.0 Å². The molecule has 0 saturated heterocycles. The lowest BCUT2D eigenvalue weighted by Crippen LogP contribution is -2.35. The Bertz CT molecular complexity index is 431. The Labute approximate surface area is 95.0 Å². The number of nitrogens with one attached hydrogen (secondary N) is 1. The first kappa shape index (κ1) is 11.0. The van der Waals surface area contributed by atoms with Gasteiger partial charge in [0.1, 0.15) is 5.69 Å². The van der Waals surface area contributed by atoms with E-state index in [1.165, 1.54) is 0 Å². The molecule has 1 aromatic rings. The number of hydrogen-bond donors (Lipinski definition) is 2. The number of aryl methyl sites for hydroxylation is 2. The van der Waals surface area contributed by atoms with Crippen LogP contribution in [-0.4, -0.2) is 21.2 Å². The quantitative estimate of drug-likeness (QED) is 0.796. The summed E-state index contributed by atoms with van der Waals surface area (Å²) in [7, 11) is 1.75. The molecule has 0 atom stereocenters. The SMILES string of the molecule is CCc1nn(C)c(C(=O)NC2(C)CC2)c1N. The molecule has 5 heteroatoms. The zero-order valence-corrected chi connectivity index (χ0v) is 10.0. The number of nitrogens with two attached hydrogens (primary N) is 1. The van der Waals surface area contributed by atoms with Crippen LogP contribution in [0.1, 0.15) is 42.9 Å². The number of aromatic nitrogens is 2. The molecule has 3 N–H and O–H groups in total. The summed E-state index contributed by atoms with van der Waals surface area (Å²) >= 11 is 0. The molecule has 1 aliphatic rings. The lowest BCUT2D eigenvalue weighted by Gasteiger charge is -2.11. The zero-order valence-electron chi connectivity index (χ0n) is 10.0. The number of carbonyl (C=O) groups excluding carboxylic acids is 1. The van der Waals surface area contributed by atoms with Gasteiger partial charge in [-0.1, -0.05) is 6.92 Å². The number of amides is 1. The Kier molecular flexibility index (Phi) is 2.40. The van der Waals surface area contributed by atoms with Gasteiger partial charge in [-0.2, -0.15) is 5.10 Å². The number of hydrogen-bond acceptors (Lipinski definition) is 3. The van der Waals surface area contributed by atoms with E-state index in [1.54, 1.807) is 11.7 Å². The number of carbonyl (C=O) groups is 1. The molecule has 1 heterocycles. The second kappa shape index (κ2) is 3.50. The van der Waals surface area contributed by atoms with Gasteiger partial charge in [-0.15, -0.1) is 0 Å². The second-order valence-corrected chi connectivity index (χ2v) is 4.70. The molecule has 0 radical (unpaired) electrons. The predicted octanol–water partition coefficient (Wildman–Crippen LogP) is 0.847. The van der Waals surface area contributed by atoms with Gasteiger partial charge in [0, 0.05) is 12.6 Å². The highest BCUT2D eigenvalue weighted by Crippen LogP contribution is 2.34. The molecule has 0 unspecified atom stereocenters. The van der Waals surface area contributed by atoms with Crippen LogP contribution in [0.2, 0.25) is 0 Å². The zero-order chi connectivity index (χ0) is 11.9. The van der Waals surface area contributed by atoms with Crippen LogP contribution >= 0.6 is 0 Å². The second-order valence-electron chi connectivity index (χ2n) is 4.70. The van der Waals surface area contributed by atoms with E-state index in [4.69, 9.17) is 5.73 Å². The summed E-state index contributed by atoms with van der Waals surface area (Å²) in [5.41, 5.74) is 7.65. The highest BCUT2D eigenvalue weighted by molar-refractivity contribution is 5.98. The summed E-state index contributed by atoms with van der Waals surface area (Å²) < 4.78 is 1.56. The van der Waals surface area contributed by atoms with Crippen molar-refractivity contribution < 1.29 is 4.79 Å². The fourth-order valence-corrected chi connectivity index (χ4v) is 1.77. The fraction of sp³-hybridized carbons (Fsp3) is 0.636. The maximum atomic E-state index is 12.0. The maximum absolute atomic E-state index is 12.0. The first-order valence-corrected chi connectivity index (χ1v) is 5.60. The van der Waals surface area contributed by atoms with E-state index in [2.05, 4.69) is 10.4 Å². The number of nitrogen functional groups attached to an aromatic ring is 1. The van der Waals surface area contributed by atoms with E-state index in [-0.39, 0.29) is 11.4 Å². The van der Waals surface area contributed by atoms with Crippen LogP contribution in [0.5, 0.6) is 0 Å². The molecule has 1 fully saturated rings. The molecule has 16 heavy (non-hydrogen) atoms. The smallest absolute Gasteiger partial charge is 0.272 e. The van der Waals surface area contributed by atoms with Gasteiger partial charge in [0.15, 0.2) is 0 Å². The molecular weight excluding hydrogens is 204 g/mol. The van der Waals surface area contributed by atoms with Crippen molar-refractivity contribution in [3.63, 3.8) is 0 Å². The monoisotopic (exact) mass is 222 g/mol. The summed E-state index contributed by atoms with van der Waals surface area (Å²) in [5.74, 6) is -0.118. The Balaban J connectivity index is 2.25. The molecule has 1 aromatic heterocycles. The topological polar surface area (TPSA) is 72.9 Å². The molecule has 1 saturated carbocycles. The highest BCUT2D eigenvalue weighted by Gasteiger charge is 2.39. The minimum Gasteiger partial charge on any atom is -0.395 e. The first-order chi connectivity index (χ1) is 7.47. The normalized spacial score (nSPS) is 17.2. The maximum Gasteiger partial charge on any atom is 0.272 e. The molecule has 5 nitrogen and oxygen atoms in total. The summed E-state index contributed by atoms with van der Waals surface area (Å²) in [5, 5.41) is 7.22. The van der Waals surface area contributed by atoms with Gasteiger partial charge < -0.3 is 11.1 Å². The van der Waals surface area contributed by atoms with E-state index in [1.807, 2.05) is 13.8 Å².